The summed E-state index contributed by atoms with van der Waals surface area (Å²) in [5, 5.41) is 2.62. The van der Waals surface area contributed by atoms with Crippen molar-refractivity contribution in [2.75, 3.05) is 0 Å². The van der Waals surface area contributed by atoms with E-state index in [2.05, 4.69) is 0 Å². The molecule has 18 heavy (non-hydrogen) atoms. The zero-order chi connectivity index (χ0) is 12.5. The average Bonchev–Trinajstić information content (AvgIpc) is 2.82. The Hall–Kier alpha value is -1.94. The van der Waals surface area contributed by atoms with E-state index in [0.29, 0.717) is 6.54 Å². The van der Waals surface area contributed by atoms with Crippen molar-refractivity contribution in [3.63, 3.8) is 0 Å². The van der Waals surface area contributed by atoms with E-state index in [4.69, 9.17) is 0 Å². The van der Waals surface area contributed by atoms with E-state index < -0.39 is 0 Å². The van der Waals surface area contributed by atoms with Crippen LogP contribution in [0.25, 0.3) is 10.1 Å². The van der Waals surface area contributed by atoms with Gasteiger partial charge >= 0.3 is 0 Å². The first-order valence-electron chi connectivity index (χ1n) is 5.55. The van der Waals surface area contributed by atoms with Crippen LogP contribution in [0.5, 0.6) is 0 Å². The molecule has 1 aromatic carbocycles. The molecule has 0 amide bonds. The number of nitrogens with zero attached hydrogens (tertiary/aromatic N) is 1. The fourth-order valence-corrected chi connectivity index (χ4v) is 2.74. The molecule has 90 valence electrons. The van der Waals surface area contributed by atoms with Gasteiger partial charge in [-0.1, -0.05) is 12.1 Å². The number of pyridine rings is 1. The fraction of sp³-hybridized carbons (Fsp3) is 0.0714. The van der Waals surface area contributed by atoms with Gasteiger partial charge < -0.3 is 4.57 Å². The van der Waals surface area contributed by atoms with Gasteiger partial charge in [-0.3, -0.25) is 4.79 Å². The minimum Gasteiger partial charge on any atom is -0.311 e. The third kappa shape index (κ3) is 1.95. The van der Waals surface area contributed by atoms with Gasteiger partial charge in [0.15, 0.2) is 0 Å². The molecular formula is C14H10FNOS. The lowest BCUT2D eigenvalue weighted by Gasteiger charge is -2.06. The molecule has 4 heteroatoms. The van der Waals surface area contributed by atoms with Crippen LogP contribution in [0.2, 0.25) is 0 Å². The van der Waals surface area contributed by atoms with Gasteiger partial charge in [0.25, 0.3) is 5.56 Å². The lowest BCUT2D eigenvalue weighted by atomic mass is 10.2. The van der Waals surface area contributed by atoms with Crippen LogP contribution in [-0.2, 0) is 6.54 Å². The van der Waals surface area contributed by atoms with Crippen molar-refractivity contribution in [3.8, 4) is 0 Å². The number of rotatable bonds is 2. The van der Waals surface area contributed by atoms with Gasteiger partial charge in [-0.15, -0.1) is 11.3 Å². The summed E-state index contributed by atoms with van der Waals surface area (Å²) in [5.41, 5.74) is 0.754. The first kappa shape index (κ1) is 11.2. The molecule has 3 rings (SSSR count). The second-order valence-electron chi connectivity index (χ2n) is 4.08. The molecule has 0 bridgehead atoms. The number of hydrogen-bond acceptors (Lipinski definition) is 2. The van der Waals surface area contributed by atoms with Crippen molar-refractivity contribution >= 4 is 21.4 Å². The Morgan fingerprint density at radius 1 is 1.22 bits per heavy atom. The predicted molar refractivity (Wildman–Crippen MR) is 71.6 cm³/mol. The van der Waals surface area contributed by atoms with E-state index >= 15 is 0 Å². The summed E-state index contributed by atoms with van der Waals surface area (Å²) in [4.78, 5) is 12.2. The average molecular weight is 259 g/mol. The molecule has 0 saturated carbocycles. The first-order valence-corrected chi connectivity index (χ1v) is 6.43. The van der Waals surface area contributed by atoms with Gasteiger partial charge in [0.05, 0.1) is 11.9 Å². The van der Waals surface area contributed by atoms with Crippen LogP contribution in [0, 0.1) is 5.82 Å². The quantitative estimate of drug-likeness (QED) is 0.692. The van der Waals surface area contributed by atoms with Crippen molar-refractivity contribution < 1.29 is 4.39 Å². The van der Waals surface area contributed by atoms with Crippen molar-refractivity contribution in [1.82, 2.24) is 4.57 Å². The Balaban J connectivity index is 2.05. The van der Waals surface area contributed by atoms with Crippen LogP contribution in [0.1, 0.15) is 5.56 Å². The lowest BCUT2D eigenvalue weighted by molar-refractivity contribution is 0.623. The molecule has 2 nitrogen and oxygen atoms in total. The largest absolute Gasteiger partial charge is 0.311 e. The van der Waals surface area contributed by atoms with Gasteiger partial charge in [0.2, 0.25) is 0 Å². The number of hydrogen-bond donors (Lipinski definition) is 0. The molecule has 2 heterocycles. The maximum absolute atomic E-state index is 13.1. The summed E-state index contributed by atoms with van der Waals surface area (Å²) in [6.45, 7) is 0.391. The Bertz CT molecular complexity index is 760. The van der Waals surface area contributed by atoms with Crippen LogP contribution < -0.4 is 5.56 Å². The Kier molecular flexibility index (Phi) is 2.72. The van der Waals surface area contributed by atoms with Crippen LogP contribution >= 0.6 is 11.3 Å². The summed E-state index contributed by atoms with van der Waals surface area (Å²) < 4.78 is 15.7. The monoisotopic (exact) mass is 259 g/mol. The van der Waals surface area contributed by atoms with E-state index in [1.54, 1.807) is 28.2 Å². The third-order valence-corrected chi connectivity index (χ3v) is 3.72. The SMILES string of the molecule is O=c1c2ccsc2ccn1Cc1cccc(F)c1. The van der Waals surface area contributed by atoms with Crippen LogP contribution in [0.15, 0.2) is 52.8 Å². The molecule has 0 atom stereocenters. The smallest absolute Gasteiger partial charge is 0.259 e. The van der Waals surface area contributed by atoms with E-state index in [1.165, 1.54) is 12.1 Å². The Morgan fingerprint density at radius 2 is 2.11 bits per heavy atom. The number of fused-ring (bicyclic) bond motifs is 1. The van der Waals surface area contributed by atoms with Gasteiger partial charge in [0.1, 0.15) is 5.82 Å². The van der Waals surface area contributed by atoms with Crippen molar-refractivity contribution in [3.05, 3.63) is 69.7 Å². The predicted octanol–water partition coefficient (Wildman–Crippen LogP) is 3.25. The summed E-state index contributed by atoms with van der Waals surface area (Å²) in [5.74, 6) is -0.280. The molecule has 0 radical (unpaired) electrons. The van der Waals surface area contributed by atoms with E-state index in [1.807, 2.05) is 23.6 Å². The highest BCUT2D eigenvalue weighted by molar-refractivity contribution is 7.17. The summed E-state index contributed by atoms with van der Waals surface area (Å²) >= 11 is 1.55. The van der Waals surface area contributed by atoms with Crippen molar-refractivity contribution in [2.45, 2.75) is 6.54 Å². The zero-order valence-corrected chi connectivity index (χ0v) is 10.3. The summed E-state index contributed by atoms with van der Waals surface area (Å²) in [7, 11) is 0. The molecule has 0 unspecified atom stereocenters. The first-order chi connectivity index (χ1) is 8.74. The highest BCUT2D eigenvalue weighted by Gasteiger charge is 2.04. The summed E-state index contributed by atoms with van der Waals surface area (Å²) in [6, 6.07) is 10.1. The Labute approximate surface area is 107 Å². The normalized spacial score (nSPS) is 10.9. The molecule has 0 saturated heterocycles. The van der Waals surface area contributed by atoms with E-state index in [9.17, 15) is 9.18 Å². The molecule has 0 N–H and O–H groups in total. The van der Waals surface area contributed by atoms with E-state index in [-0.39, 0.29) is 11.4 Å². The van der Waals surface area contributed by atoms with Crippen LogP contribution in [0.4, 0.5) is 4.39 Å². The molecular weight excluding hydrogens is 249 g/mol. The van der Waals surface area contributed by atoms with Crippen molar-refractivity contribution in [1.29, 1.82) is 0 Å². The van der Waals surface area contributed by atoms with Crippen LogP contribution in [0.3, 0.4) is 0 Å². The van der Waals surface area contributed by atoms with E-state index in [0.717, 1.165) is 15.6 Å². The molecule has 0 aliphatic rings. The lowest BCUT2D eigenvalue weighted by Crippen LogP contribution is -2.19. The molecule has 0 spiro atoms. The fourth-order valence-electron chi connectivity index (χ4n) is 1.96. The minimum atomic E-state index is -0.280. The highest BCUT2D eigenvalue weighted by Crippen LogP contribution is 2.16. The number of halogens is 1. The number of benzene rings is 1. The second-order valence-corrected chi connectivity index (χ2v) is 5.02. The molecule has 2 aromatic heterocycles. The third-order valence-electron chi connectivity index (χ3n) is 2.83. The standard InChI is InChI=1S/C14H10FNOS/c15-11-3-1-2-10(8-11)9-16-6-4-13-12(14(16)17)5-7-18-13/h1-8H,9H2. The maximum atomic E-state index is 13.1. The highest BCUT2D eigenvalue weighted by atomic mass is 32.1. The van der Waals surface area contributed by atoms with Gasteiger partial charge in [0, 0.05) is 10.9 Å². The van der Waals surface area contributed by atoms with Gasteiger partial charge in [-0.05, 0) is 35.2 Å². The van der Waals surface area contributed by atoms with Gasteiger partial charge in [-0.2, -0.15) is 0 Å². The molecule has 0 fully saturated rings. The molecule has 0 aliphatic heterocycles. The minimum absolute atomic E-state index is 0.0296. The van der Waals surface area contributed by atoms with Gasteiger partial charge in [-0.25, -0.2) is 4.39 Å². The molecule has 0 aliphatic carbocycles. The summed E-state index contributed by atoms with van der Waals surface area (Å²) in [6.07, 6.45) is 1.76. The number of thiophene rings is 1. The maximum Gasteiger partial charge on any atom is 0.259 e. The Morgan fingerprint density at radius 3 is 2.94 bits per heavy atom. The topological polar surface area (TPSA) is 22.0 Å². The zero-order valence-electron chi connectivity index (χ0n) is 9.47. The van der Waals surface area contributed by atoms with Crippen LogP contribution in [-0.4, -0.2) is 4.57 Å². The van der Waals surface area contributed by atoms with Crippen molar-refractivity contribution in [2.24, 2.45) is 0 Å². The molecule has 3 aromatic rings. The second kappa shape index (κ2) is 4.38. The number of aromatic nitrogens is 1.